The van der Waals surface area contributed by atoms with Crippen LogP contribution in [0.25, 0.3) is 5.78 Å². The van der Waals surface area contributed by atoms with Gasteiger partial charge >= 0.3 is 6.18 Å². The highest BCUT2D eigenvalue weighted by Crippen LogP contribution is 2.26. The van der Waals surface area contributed by atoms with Crippen molar-refractivity contribution in [1.29, 1.82) is 0 Å². The van der Waals surface area contributed by atoms with E-state index in [0.29, 0.717) is 6.07 Å². The molecule has 0 unspecified atom stereocenters. The van der Waals surface area contributed by atoms with Crippen LogP contribution >= 0.6 is 0 Å². The highest BCUT2D eigenvalue weighted by molar-refractivity contribution is 5.28. The lowest BCUT2D eigenvalue weighted by Gasteiger charge is -2.03. The normalized spacial score (nSPS) is 12.2. The van der Waals surface area contributed by atoms with Crippen molar-refractivity contribution >= 4 is 5.78 Å². The van der Waals surface area contributed by atoms with E-state index in [1.807, 2.05) is 0 Å². The third kappa shape index (κ3) is 1.65. The van der Waals surface area contributed by atoms with Gasteiger partial charge in [-0.15, -0.1) is 0 Å². The second-order valence-corrected chi connectivity index (χ2v) is 2.94. The molecule has 0 bridgehead atoms. The molecule has 0 aliphatic rings. The largest absolute Gasteiger partial charge is 0.433 e. The van der Waals surface area contributed by atoms with Crippen LogP contribution in [0.3, 0.4) is 0 Å². The standard InChI is InChI=1S/C7H5F3N4O2/c8-7(9,10)3-1-5(16)14-6(11-3)12-4(2-15)13-14/h1,15H,2H2,(H,11,12,13). The Bertz CT molecular complexity index is 585. The molecule has 0 aromatic carbocycles. The Morgan fingerprint density at radius 3 is 2.69 bits per heavy atom. The van der Waals surface area contributed by atoms with Gasteiger partial charge in [0.15, 0.2) is 11.5 Å². The predicted molar refractivity (Wildman–Crippen MR) is 44.5 cm³/mol. The van der Waals surface area contributed by atoms with E-state index in [1.54, 1.807) is 0 Å². The van der Waals surface area contributed by atoms with Crippen molar-refractivity contribution in [3.8, 4) is 0 Å². The van der Waals surface area contributed by atoms with Gasteiger partial charge in [-0.3, -0.25) is 9.89 Å². The number of halogens is 3. The van der Waals surface area contributed by atoms with Gasteiger partial charge in [-0.25, -0.2) is 4.98 Å². The lowest BCUT2D eigenvalue weighted by Crippen LogP contribution is -2.20. The average molecular weight is 234 g/mol. The molecule has 0 spiro atoms. The Morgan fingerprint density at radius 1 is 1.44 bits per heavy atom. The van der Waals surface area contributed by atoms with Crippen LogP contribution < -0.4 is 5.56 Å². The summed E-state index contributed by atoms with van der Waals surface area (Å²) in [4.78, 5) is 17.9. The predicted octanol–water partition coefficient (Wildman–Crippen LogP) is -0.0713. The molecule has 0 radical (unpaired) electrons. The molecule has 16 heavy (non-hydrogen) atoms. The van der Waals surface area contributed by atoms with E-state index in [-0.39, 0.29) is 5.82 Å². The summed E-state index contributed by atoms with van der Waals surface area (Å²) < 4.78 is 37.6. The third-order valence-electron chi connectivity index (χ3n) is 1.82. The number of nitrogens with zero attached hydrogens (tertiary/aromatic N) is 3. The Morgan fingerprint density at radius 2 is 2.12 bits per heavy atom. The maximum Gasteiger partial charge on any atom is 0.433 e. The van der Waals surface area contributed by atoms with Crippen LogP contribution in [0.4, 0.5) is 13.2 Å². The van der Waals surface area contributed by atoms with E-state index in [9.17, 15) is 18.0 Å². The molecule has 0 fully saturated rings. The average Bonchev–Trinajstić information content (AvgIpc) is 2.59. The molecule has 0 aliphatic heterocycles. The third-order valence-corrected chi connectivity index (χ3v) is 1.82. The minimum atomic E-state index is -4.70. The lowest BCUT2D eigenvalue weighted by atomic mass is 10.4. The number of aliphatic hydroxyl groups excluding tert-OH is 1. The molecule has 2 aromatic heterocycles. The minimum Gasteiger partial charge on any atom is -0.388 e. The van der Waals surface area contributed by atoms with Gasteiger partial charge in [0, 0.05) is 6.07 Å². The summed E-state index contributed by atoms with van der Waals surface area (Å²) in [5.41, 5.74) is -2.25. The fraction of sp³-hybridized carbons (Fsp3) is 0.286. The molecular weight excluding hydrogens is 229 g/mol. The topological polar surface area (TPSA) is 83.3 Å². The highest BCUT2D eigenvalue weighted by atomic mass is 19.4. The first-order valence-corrected chi connectivity index (χ1v) is 4.08. The van der Waals surface area contributed by atoms with Crippen LogP contribution in [0.2, 0.25) is 0 Å². The first-order valence-electron chi connectivity index (χ1n) is 4.08. The molecule has 2 N–H and O–H groups in total. The summed E-state index contributed by atoms with van der Waals surface area (Å²) in [5.74, 6) is -0.465. The van der Waals surface area contributed by atoms with Gasteiger partial charge in [0.05, 0.1) is 0 Å². The monoisotopic (exact) mass is 234 g/mol. The molecule has 86 valence electrons. The number of alkyl halides is 3. The molecule has 9 heteroatoms. The number of aromatic nitrogens is 4. The molecular formula is C7H5F3N4O2. The zero-order chi connectivity index (χ0) is 11.9. The highest BCUT2D eigenvalue weighted by Gasteiger charge is 2.33. The summed E-state index contributed by atoms with van der Waals surface area (Å²) in [7, 11) is 0. The molecule has 0 amide bonds. The van der Waals surface area contributed by atoms with Gasteiger partial charge in [-0.2, -0.15) is 22.7 Å². The fourth-order valence-corrected chi connectivity index (χ4v) is 1.14. The number of aromatic amines is 1. The Balaban J connectivity index is 2.72. The quantitative estimate of drug-likeness (QED) is 0.723. The zero-order valence-corrected chi connectivity index (χ0v) is 7.62. The summed E-state index contributed by atoms with van der Waals surface area (Å²) in [6.45, 7) is -0.524. The summed E-state index contributed by atoms with van der Waals surface area (Å²) in [6.07, 6.45) is -4.70. The lowest BCUT2D eigenvalue weighted by molar-refractivity contribution is -0.141. The van der Waals surface area contributed by atoms with Crippen LogP contribution in [0.15, 0.2) is 10.9 Å². The summed E-state index contributed by atoms with van der Waals surface area (Å²) in [6, 6.07) is 0.354. The van der Waals surface area contributed by atoms with Crippen LogP contribution in [0, 0.1) is 0 Å². The van der Waals surface area contributed by atoms with E-state index < -0.39 is 29.8 Å². The maximum absolute atomic E-state index is 12.3. The number of fused-ring (bicyclic) bond motifs is 1. The summed E-state index contributed by atoms with van der Waals surface area (Å²) >= 11 is 0. The Hall–Kier alpha value is -1.90. The zero-order valence-electron chi connectivity index (χ0n) is 7.62. The number of hydrogen-bond acceptors (Lipinski definition) is 4. The van der Waals surface area contributed by atoms with E-state index >= 15 is 0 Å². The van der Waals surface area contributed by atoms with Crippen molar-refractivity contribution < 1.29 is 18.3 Å². The first kappa shape index (κ1) is 10.6. The van der Waals surface area contributed by atoms with Crippen molar-refractivity contribution in [2.24, 2.45) is 0 Å². The van der Waals surface area contributed by atoms with Crippen molar-refractivity contribution in [2.45, 2.75) is 12.8 Å². The number of H-pyrrole nitrogens is 1. The Kier molecular flexibility index (Phi) is 2.19. The maximum atomic E-state index is 12.3. The molecule has 0 atom stereocenters. The van der Waals surface area contributed by atoms with Gasteiger partial charge in [0.2, 0.25) is 0 Å². The molecule has 6 nitrogen and oxygen atoms in total. The summed E-state index contributed by atoms with van der Waals surface area (Å²) in [5, 5.41) is 11.0. The fourth-order valence-electron chi connectivity index (χ4n) is 1.14. The molecule has 0 aliphatic carbocycles. The van der Waals surface area contributed by atoms with Crippen LogP contribution in [0.1, 0.15) is 11.5 Å². The van der Waals surface area contributed by atoms with Crippen molar-refractivity contribution in [1.82, 2.24) is 19.6 Å². The van der Waals surface area contributed by atoms with E-state index in [1.165, 1.54) is 0 Å². The second-order valence-electron chi connectivity index (χ2n) is 2.94. The van der Waals surface area contributed by atoms with Gasteiger partial charge in [0.1, 0.15) is 6.61 Å². The molecule has 2 aromatic rings. The van der Waals surface area contributed by atoms with Gasteiger partial charge in [-0.1, -0.05) is 0 Å². The minimum absolute atomic E-state index is 0.0380. The second kappa shape index (κ2) is 3.30. The first-order chi connectivity index (χ1) is 7.41. The van der Waals surface area contributed by atoms with Crippen LogP contribution in [0.5, 0.6) is 0 Å². The van der Waals surface area contributed by atoms with E-state index in [0.717, 1.165) is 4.52 Å². The molecule has 2 rings (SSSR count). The van der Waals surface area contributed by atoms with Gasteiger partial charge in [0.25, 0.3) is 11.3 Å². The van der Waals surface area contributed by atoms with Crippen LogP contribution in [-0.2, 0) is 12.8 Å². The molecule has 0 saturated heterocycles. The number of hydrogen-bond donors (Lipinski definition) is 2. The number of nitrogens with one attached hydrogen (secondary N) is 1. The van der Waals surface area contributed by atoms with Gasteiger partial charge in [-0.05, 0) is 0 Å². The van der Waals surface area contributed by atoms with Crippen molar-refractivity contribution in [3.63, 3.8) is 0 Å². The molecule has 2 heterocycles. The van der Waals surface area contributed by atoms with Crippen molar-refractivity contribution in [3.05, 3.63) is 27.9 Å². The number of rotatable bonds is 1. The molecule has 0 saturated carbocycles. The van der Waals surface area contributed by atoms with E-state index in [4.69, 9.17) is 5.11 Å². The smallest absolute Gasteiger partial charge is 0.388 e. The van der Waals surface area contributed by atoms with Crippen LogP contribution in [-0.4, -0.2) is 24.7 Å². The number of aliphatic hydroxyl groups is 1. The van der Waals surface area contributed by atoms with E-state index in [2.05, 4.69) is 15.1 Å². The Labute approximate surface area is 85.4 Å². The SMILES string of the molecule is O=c1cc(C(F)(F)F)nc2nc(CO)[nH]n12. The van der Waals surface area contributed by atoms with Gasteiger partial charge < -0.3 is 5.11 Å². The van der Waals surface area contributed by atoms with Crippen molar-refractivity contribution in [2.75, 3.05) is 0 Å².